The molecule has 3 heterocycles. The third-order valence-corrected chi connectivity index (χ3v) is 6.72. The van der Waals surface area contributed by atoms with E-state index < -0.39 is 5.41 Å². The van der Waals surface area contributed by atoms with Crippen LogP contribution in [0.3, 0.4) is 0 Å². The number of rotatable bonds is 8. The number of hydrogen-bond acceptors (Lipinski definition) is 6. The summed E-state index contributed by atoms with van der Waals surface area (Å²) in [7, 11) is 0. The number of imide groups is 1. The van der Waals surface area contributed by atoms with Crippen LogP contribution in [0.1, 0.15) is 38.2 Å². The second kappa shape index (κ2) is 10.2. The number of carbonyl (C=O) groups excluding carboxylic acids is 4. The van der Waals surface area contributed by atoms with Crippen LogP contribution in [0.25, 0.3) is 0 Å². The lowest BCUT2D eigenvalue weighted by molar-refractivity contribution is -0.152. The van der Waals surface area contributed by atoms with E-state index >= 15 is 0 Å². The average molecular weight is 467 g/mol. The molecule has 0 N–H and O–H groups in total. The van der Waals surface area contributed by atoms with E-state index in [0.29, 0.717) is 38.1 Å². The predicted octanol–water partition coefficient (Wildman–Crippen LogP) is 1.77. The van der Waals surface area contributed by atoms with Gasteiger partial charge in [0.1, 0.15) is 0 Å². The molecule has 0 saturated carbocycles. The Morgan fingerprint density at radius 1 is 1.18 bits per heavy atom. The minimum Gasteiger partial charge on any atom is -0.466 e. The second-order valence-corrected chi connectivity index (χ2v) is 8.88. The van der Waals surface area contributed by atoms with Crippen LogP contribution in [-0.2, 0) is 35.9 Å². The molecule has 0 aliphatic carbocycles. The molecule has 0 unspecified atom stereocenters. The summed E-state index contributed by atoms with van der Waals surface area (Å²) in [4.78, 5) is 59.3. The summed E-state index contributed by atoms with van der Waals surface area (Å²) in [6, 6.07) is 9.06. The van der Waals surface area contributed by atoms with Crippen LogP contribution in [0.2, 0.25) is 0 Å². The van der Waals surface area contributed by atoms with Gasteiger partial charge < -0.3 is 14.2 Å². The van der Waals surface area contributed by atoms with Crippen LogP contribution < -0.4 is 0 Å². The van der Waals surface area contributed by atoms with Crippen LogP contribution in [0, 0.1) is 5.92 Å². The Balaban J connectivity index is 1.55. The van der Waals surface area contributed by atoms with Gasteiger partial charge in [-0.15, -0.1) is 0 Å². The first kappa shape index (κ1) is 23.7. The van der Waals surface area contributed by atoms with Crippen LogP contribution >= 0.6 is 0 Å². The Morgan fingerprint density at radius 2 is 1.97 bits per heavy atom. The molecule has 0 spiro atoms. The van der Waals surface area contributed by atoms with E-state index in [-0.39, 0.29) is 55.5 Å². The summed E-state index contributed by atoms with van der Waals surface area (Å²) < 4.78 is 6.95. The third kappa shape index (κ3) is 4.73. The highest BCUT2D eigenvalue weighted by atomic mass is 16.5. The fourth-order valence-corrected chi connectivity index (χ4v) is 4.91. The minimum atomic E-state index is -1.25. The molecule has 2 fully saturated rings. The SMILES string of the molecule is CCOC(=O)[C@@H]1CCCN(C(=O)C[C@@]2(c3ccccc3)CC(=O)N(CCn3ccnc3)C2=O)C1. The molecule has 2 atom stereocenters. The van der Waals surface area contributed by atoms with Gasteiger partial charge in [-0.25, -0.2) is 4.98 Å². The first-order valence-corrected chi connectivity index (χ1v) is 11.7. The van der Waals surface area contributed by atoms with Gasteiger partial charge in [0, 0.05) is 51.4 Å². The number of hydrogen-bond donors (Lipinski definition) is 0. The lowest BCUT2D eigenvalue weighted by atomic mass is 9.75. The standard InChI is InChI=1S/C25H30N4O5/c1-2-34-23(32)19-7-6-11-28(17-19)21(30)15-25(20-8-4-3-5-9-20)16-22(31)29(24(25)33)14-13-27-12-10-26-18-27/h3-5,8-10,12,18-19H,2,6-7,11,13-17H2,1H3/t19-,25+/m1/s1. The summed E-state index contributed by atoms with van der Waals surface area (Å²) in [5, 5.41) is 0. The largest absolute Gasteiger partial charge is 0.466 e. The maximum atomic E-state index is 13.7. The quantitative estimate of drug-likeness (QED) is 0.434. The number of nitrogens with zero attached hydrogens (tertiary/aromatic N) is 4. The molecule has 2 aliphatic heterocycles. The van der Waals surface area contributed by atoms with E-state index in [1.54, 1.807) is 47.2 Å². The van der Waals surface area contributed by atoms with Crippen LogP contribution in [-0.4, -0.2) is 69.3 Å². The highest BCUT2D eigenvalue weighted by Crippen LogP contribution is 2.40. The zero-order valence-corrected chi connectivity index (χ0v) is 19.4. The summed E-state index contributed by atoms with van der Waals surface area (Å²) in [6.07, 6.45) is 6.25. The van der Waals surface area contributed by atoms with Gasteiger partial charge in [-0.3, -0.25) is 24.1 Å². The maximum absolute atomic E-state index is 13.7. The number of esters is 1. The van der Waals surface area contributed by atoms with E-state index in [2.05, 4.69) is 4.98 Å². The van der Waals surface area contributed by atoms with Crippen molar-refractivity contribution in [1.29, 1.82) is 0 Å². The zero-order chi connectivity index (χ0) is 24.1. The maximum Gasteiger partial charge on any atom is 0.310 e. The highest BCUT2D eigenvalue weighted by Gasteiger charge is 2.54. The molecule has 9 nitrogen and oxygen atoms in total. The molecule has 180 valence electrons. The average Bonchev–Trinajstić information content (AvgIpc) is 3.45. The van der Waals surface area contributed by atoms with Crippen molar-refractivity contribution < 1.29 is 23.9 Å². The molecule has 1 aromatic carbocycles. The first-order valence-electron chi connectivity index (χ1n) is 11.7. The van der Waals surface area contributed by atoms with E-state index in [1.165, 1.54) is 4.90 Å². The number of benzene rings is 1. The first-order chi connectivity index (χ1) is 16.4. The van der Waals surface area contributed by atoms with Gasteiger partial charge in [-0.2, -0.15) is 0 Å². The van der Waals surface area contributed by atoms with E-state index in [1.807, 2.05) is 18.2 Å². The Hall–Kier alpha value is -3.49. The van der Waals surface area contributed by atoms with Gasteiger partial charge in [-0.05, 0) is 25.3 Å². The monoisotopic (exact) mass is 466 g/mol. The van der Waals surface area contributed by atoms with E-state index in [9.17, 15) is 19.2 Å². The second-order valence-electron chi connectivity index (χ2n) is 8.88. The molecular weight excluding hydrogens is 436 g/mol. The number of imidazole rings is 1. The molecule has 4 rings (SSSR count). The van der Waals surface area contributed by atoms with Crippen LogP contribution in [0.15, 0.2) is 49.1 Å². The number of aromatic nitrogens is 2. The molecule has 9 heteroatoms. The van der Waals surface area contributed by atoms with Crippen molar-refractivity contribution in [1.82, 2.24) is 19.4 Å². The lowest BCUT2D eigenvalue weighted by Gasteiger charge is -2.34. The normalized spacial score (nSPS) is 22.8. The number of likely N-dealkylation sites (tertiary alicyclic amines) is 2. The summed E-state index contributed by atoms with van der Waals surface area (Å²) in [5.41, 5.74) is -0.591. The van der Waals surface area contributed by atoms with Crippen molar-refractivity contribution in [2.45, 2.75) is 44.6 Å². The molecule has 3 amide bonds. The van der Waals surface area contributed by atoms with Crippen molar-refractivity contribution in [2.75, 3.05) is 26.2 Å². The third-order valence-electron chi connectivity index (χ3n) is 6.72. The van der Waals surface area contributed by atoms with Crippen molar-refractivity contribution in [2.24, 2.45) is 5.92 Å². The van der Waals surface area contributed by atoms with Crippen molar-refractivity contribution in [3.8, 4) is 0 Å². The van der Waals surface area contributed by atoms with Crippen molar-refractivity contribution in [3.05, 3.63) is 54.6 Å². The van der Waals surface area contributed by atoms with Crippen molar-refractivity contribution >= 4 is 23.7 Å². The summed E-state index contributed by atoms with van der Waals surface area (Å²) >= 11 is 0. The number of amides is 3. The minimum absolute atomic E-state index is 0.0549. The Bertz CT molecular complexity index is 1040. The van der Waals surface area contributed by atoms with E-state index in [4.69, 9.17) is 4.74 Å². The lowest BCUT2D eigenvalue weighted by Crippen LogP contribution is -2.47. The number of piperidine rings is 1. The Labute approximate surface area is 198 Å². The van der Waals surface area contributed by atoms with Gasteiger partial charge in [0.05, 0.1) is 24.3 Å². The van der Waals surface area contributed by atoms with Gasteiger partial charge in [0.15, 0.2) is 0 Å². The Kier molecular flexibility index (Phi) is 7.09. The topological polar surface area (TPSA) is 102 Å². The predicted molar refractivity (Wildman–Crippen MR) is 122 cm³/mol. The van der Waals surface area contributed by atoms with Gasteiger partial charge in [0.25, 0.3) is 0 Å². The highest BCUT2D eigenvalue weighted by molar-refractivity contribution is 6.10. The molecule has 1 aromatic heterocycles. The number of carbonyl (C=O) groups is 4. The molecular formula is C25H30N4O5. The van der Waals surface area contributed by atoms with Gasteiger partial charge >= 0.3 is 5.97 Å². The van der Waals surface area contributed by atoms with Crippen LogP contribution in [0.4, 0.5) is 0 Å². The summed E-state index contributed by atoms with van der Waals surface area (Å²) in [5.74, 6) is -1.52. The van der Waals surface area contributed by atoms with Gasteiger partial charge in [0.2, 0.25) is 17.7 Å². The zero-order valence-electron chi connectivity index (χ0n) is 19.4. The van der Waals surface area contributed by atoms with Crippen LogP contribution in [0.5, 0.6) is 0 Å². The number of ether oxygens (including phenoxy) is 1. The molecule has 0 radical (unpaired) electrons. The molecule has 2 aliphatic rings. The van der Waals surface area contributed by atoms with Crippen molar-refractivity contribution in [3.63, 3.8) is 0 Å². The fraction of sp³-hybridized carbons (Fsp3) is 0.480. The molecule has 2 saturated heterocycles. The summed E-state index contributed by atoms with van der Waals surface area (Å²) in [6.45, 7) is 3.50. The Morgan fingerprint density at radius 3 is 2.68 bits per heavy atom. The smallest absolute Gasteiger partial charge is 0.310 e. The fourth-order valence-electron chi connectivity index (χ4n) is 4.91. The van der Waals surface area contributed by atoms with Gasteiger partial charge in [-0.1, -0.05) is 30.3 Å². The molecule has 2 aromatic rings. The molecule has 0 bridgehead atoms. The van der Waals surface area contributed by atoms with E-state index in [0.717, 1.165) is 0 Å². The molecule has 34 heavy (non-hydrogen) atoms.